The normalized spacial score (nSPS) is 23.7. The average molecular weight is 257 g/mol. The minimum atomic E-state index is -1.99. The Hall–Kier alpha value is 0.820. The summed E-state index contributed by atoms with van der Waals surface area (Å²) in [5, 5.41) is 0. The first kappa shape index (κ1) is 12.9. The first-order chi connectivity index (χ1) is 6.62. The van der Waals surface area contributed by atoms with Gasteiger partial charge in [0.15, 0.2) is 5.69 Å². The van der Waals surface area contributed by atoms with Crippen LogP contribution in [0.2, 0.25) is 0 Å². The number of hydrogen-bond donors (Lipinski definition) is 0. The van der Waals surface area contributed by atoms with Crippen molar-refractivity contribution in [2.75, 3.05) is 39.4 Å². The highest BCUT2D eigenvalue weighted by atomic mass is 35.7. The largest absolute Gasteiger partial charge is 0.379 e. The van der Waals surface area contributed by atoms with Crippen LogP contribution in [0.4, 0.5) is 0 Å². The minimum absolute atomic E-state index is 0.756. The lowest BCUT2D eigenvalue weighted by Gasteiger charge is -2.39. The predicted octanol–water partition coefficient (Wildman–Crippen LogP) is 2.12. The van der Waals surface area contributed by atoms with Gasteiger partial charge in [0.1, 0.15) is 0 Å². The average Bonchev–Trinajstić information content (AvgIpc) is 2.20. The Morgan fingerprint density at radius 1 is 1.36 bits per heavy atom. The van der Waals surface area contributed by atoms with E-state index in [1.807, 2.05) is 0 Å². The van der Waals surface area contributed by atoms with Crippen LogP contribution in [-0.4, -0.2) is 48.7 Å². The summed E-state index contributed by atoms with van der Waals surface area (Å²) in [4.78, 5) is 0. The number of ether oxygens (including phenoxy) is 1. The third kappa shape index (κ3) is 2.91. The summed E-state index contributed by atoms with van der Waals surface area (Å²) in [6, 6.07) is 0. The van der Waals surface area contributed by atoms with Gasteiger partial charge in [-0.15, -0.1) is 0 Å². The molecule has 1 fully saturated rings. The standard InChI is InChI=1S/C8H18ClN2OPS/c1-3-10(4-2)13(9,14)11-5-7-12-8-6-11/h3-8H2,1-2H3. The molecule has 0 spiro atoms. The molecule has 1 unspecified atom stereocenters. The van der Waals surface area contributed by atoms with Crippen molar-refractivity contribution in [3.63, 3.8) is 0 Å². The molecule has 1 saturated heterocycles. The highest BCUT2D eigenvalue weighted by molar-refractivity contribution is 8.24. The topological polar surface area (TPSA) is 15.7 Å². The number of hydrogen-bond acceptors (Lipinski definition) is 2. The van der Waals surface area contributed by atoms with Gasteiger partial charge in [0.05, 0.1) is 13.2 Å². The van der Waals surface area contributed by atoms with Crippen LogP contribution in [0.15, 0.2) is 0 Å². The third-order valence-electron chi connectivity index (χ3n) is 2.42. The second kappa shape index (κ2) is 5.78. The van der Waals surface area contributed by atoms with Gasteiger partial charge in [-0.2, -0.15) is 0 Å². The van der Waals surface area contributed by atoms with E-state index in [1.54, 1.807) is 0 Å². The molecule has 0 radical (unpaired) electrons. The van der Waals surface area contributed by atoms with Gasteiger partial charge in [-0.05, 0) is 11.8 Å². The van der Waals surface area contributed by atoms with E-state index < -0.39 is 5.69 Å². The lowest BCUT2D eigenvalue weighted by atomic mass is 10.5. The first-order valence-electron chi connectivity index (χ1n) is 5.01. The molecule has 0 aromatic rings. The molecule has 0 aromatic carbocycles. The maximum atomic E-state index is 6.50. The number of halogens is 1. The van der Waals surface area contributed by atoms with Gasteiger partial charge >= 0.3 is 0 Å². The van der Waals surface area contributed by atoms with Gasteiger partial charge in [0.2, 0.25) is 0 Å². The fourth-order valence-electron chi connectivity index (χ4n) is 1.55. The highest BCUT2D eigenvalue weighted by Gasteiger charge is 2.29. The highest BCUT2D eigenvalue weighted by Crippen LogP contribution is 2.58. The Balaban J connectivity index is 2.65. The molecule has 1 aliphatic heterocycles. The Kier molecular flexibility index (Phi) is 5.32. The Labute approximate surface area is 96.2 Å². The summed E-state index contributed by atoms with van der Waals surface area (Å²) in [5.41, 5.74) is -1.99. The van der Waals surface area contributed by atoms with Crippen LogP contribution in [0.5, 0.6) is 0 Å². The van der Waals surface area contributed by atoms with E-state index in [0.717, 1.165) is 39.4 Å². The predicted molar refractivity (Wildman–Crippen MR) is 65.5 cm³/mol. The Bertz CT molecular complexity index is 219. The molecule has 0 N–H and O–H groups in total. The van der Waals surface area contributed by atoms with E-state index in [1.165, 1.54) is 0 Å². The Morgan fingerprint density at radius 3 is 2.29 bits per heavy atom. The van der Waals surface area contributed by atoms with E-state index in [4.69, 9.17) is 27.8 Å². The second-order valence-corrected chi connectivity index (χ2v) is 8.80. The summed E-state index contributed by atoms with van der Waals surface area (Å²) in [7, 11) is 0. The van der Waals surface area contributed by atoms with Crippen molar-refractivity contribution in [3.8, 4) is 0 Å². The molecule has 1 heterocycles. The lowest BCUT2D eigenvalue weighted by molar-refractivity contribution is 0.0733. The maximum Gasteiger partial charge on any atom is 0.164 e. The number of nitrogens with zero attached hydrogens (tertiary/aromatic N) is 2. The van der Waals surface area contributed by atoms with Crippen LogP contribution in [0.1, 0.15) is 13.8 Å². The number of morpholine rings is 1. The van der Waals surface area contributed by atoms with E-state index in [0.29, 0.717) is 0 Å². The SMILES string of the molecule is CCN(CC)P(=S)(Cl)N1CCOCC1. The summed E-state index contributed by atoms with van der Waals surface area (Å²) in [6.45, 7) is 9.32. The fourth-order valence-corrected chi connectivity index (χ4v) is 5.54. The van der Waals surface area contributed by atoms with Crippen LogP contribution in [0, 0.1) is 0 Å². The summed E-state index contributed by atoms with van der Waals surface area (Å²) >= 11 is 12.1. The molecule has 0 bridgehead atoms. The minimum Gasteiger partial charge on any atom is -0.379 e. The monoisotopic (exact) mass is 256 g/mol. The molecule has 1 rings (SSSR count). The zero-order valence-electron chi connectivity index (χ0n) is 8.78. The van der Waals surface area contributed by atoms with Gasteiger partial charge in [-0.25, -0.2) is 4.67 Å². The first-order valence-corrected chi connectivity index (χ1v) is 8.62. The molecule has 1 aliphatic rings. The third-order valence-corrected chi connectivity index (χ3v) is 7.44. The van der Waals surface area contributed by atoms with E-state index in [-0.39, 0.29) is 0 Å². The maximum absolute atomic E-state index is 6.50. The molecular formula is C8H18ClN2OPS. The molecule has 6 heteroatoms. The van der Waals surface area contributed by atoms with E-state index >= 15 is 0 Å². The lowest BCUT2D eigenvalue weighted by Crippen LogP contribution is -2.37. The summed E-state index contributed by atoms with van der Waals surface area (Å²) in [6.07, 6.45) is 0. The van der Waals surface area contributed by atoms with E-state index in [9.17, 15) is 0 Å². The second-order valence-electron chi connectivity index (χ2n) is 3.18. The van der Waals surface area contributed by atoms with Crippen molar-refractivity contribution in [1.82, 2.24) is 9.34 Å². The molecule has 0 amide bonds. The van der Waals surface area contributed by atoms with Crippen molar-refractivity contribution in [3.05, 3.63) is 0 Å². The molecular weight excluding hydrogens is 239 g/mol. The zero-order chi connectivity index (χ0) is 10.6. The summed E-state index contributed by atoms with van der Waals surface area (Å²) < 4.78 is 9.69. The van der Waals surface area contributed by atoms with E-state index in [2.05, 4.69) is 23.2 Å². The molecule has 84 valence electrons. The van der Waals surface area contributed by atoms with Gasteiger partial charge < -0.3 is 4.74 Å². The summed E-state index contributed by atoms with van der Waals surface area (Å²) in [5.74, 6) is 0. The van der Waals surface area contributed by atoms with Crippen LogP contribution in [0.3, 0.4) is 0 Å². The van der Waals surface area contributed by atoms with Crippen LogP contribution in [0.25, 0.3) is 0 Å². The van der Waals surface area contributed by atoms with Crippen molar-refractivity contribution >= 4 is 28.7 Å². The molecule has 3 nitrogen and oxygen atoms in total. The van der Waals surface area contributed by atoms with Crippen molar-refractivity contribution in [2.45, 2.75) is 13.8 Å². The van der Waals surface area contributed by atoms with Gasteiger partial charge in [-0.1, -0.05) is 25.1 Å². The quantitative estimate of drug-likeness (QED) is 0.716. The van der Waals surface area contributed by atoms with Crippen LogP contribution >= 0.6 is 16.9 Å². The van der Waals surface area contributed by atoms with Crippen molar-refractivity contribution < 1.29 is 4.74 Å². The molecule has 0 aromatic heterocycles. The van der Waals surface area contributed by atoms with Gasteiger partial charge in [0.25, 0.3) is 0 Å². The van der Waals surface area contributed by atoms with Crippen molar-refractivity contribution in [2.24, 2.45) is 0 Å². The smallest absolute Gasteiger partial charge is 0.164 e. The number of rotatable bonds is 4. The van der Waals surface area contributed by atoms with Crippen LogP contribution < -0.4 is 0 Å². The Morgan fingerprint density at radius 2 is 1.86 bits per heavy atom. The molecule has 0 saturated carbocycles. The molecule has 14 heavy (non-hydrogen) atoms. The molecule has 1 atom stereocenters. The van der Waals surface area contributed by atoms with Crippen molar-refractivity contribution in [1.29, 1.82) is 0 Å². The molecule has 0 aliphatic carbocycles. The van der Waals surface area contributed by atoms with Gasteiger partial charge in [0, 0.05) is 26.2 Å². The zero-order valence-corrected chi connectivity index (χ0v) is 11.2. The van der Waals surface area contributed by atoms with Crippen LogP contribution in [-0.2, 0) is 16.5 Å². The van der Waals surface area contributed by atoms with Gasteiger partial charge in [-0.3, -0.25) is 4.67 Å². The fraction of sp³-hybridized carbons (Fsp3) is 1.00.